The minimum atomic E-state index is -0.537. The first kappa shape index (κ1) is 17.3. The molecule has 2 aliphatic heterocycles. The summed E-state index contributed by atoms with van der Waals surface area (Å²) in [5.74, 6) is -0.625. The van der Waals surface area contributed by atoms with Crippen LogP contribution in [-0.4, -0.2) is 35.3 Å². The van der Waals surface area contributed by atoms with Gasteiger partial charge in [0, 0.05) is 37.0 Å². The van der Waals surface area contributed by atoms with Gasteiger partial charge in [0.1, 0.15) is 11.9 Å². The van der Waals surface area contributed by atoms with E-state index < -0.39 is 18.0 Å². The molecule has 4 rings (SSSR count). The minimum Gasteiger partial charge on any atom is -0.442 e. The molecule has 1 fully saturated rings. The van der Waals surface area contributed by atoms with E-state index in [-0.39, 0.29) is 23.9 Å². The van der Waals surface area contributed by atoms with Crippen molar-refractivity contribution in [2.45, 2.75) is 31.9 Å². The Morgan fingerprint density at radius 3 is 2.70 bits per heavy atom. The summed E-state index contributed by atoms with van der Waals surface area (Å²) >= 11 is 0. The van der Waals surface area contributed by atoms with Gasteiger partial charge in [-0.15, -0.1) is 0 Å². The first-order valence-corrected chi connectivity index (χ1v) is 8.75. The predicted octanol–water partition coefficient (Wildman–Crippen LogP) is 1.75. The monoisotopic (exact) mass is 371 g/mol. The maximum atomic E-state index is 14.7. The van der Waals surface area contributed by atoms with Crippen molar-refractivity contribution in [3.05, 3.63) is 58.3 Å². The van der Waals surface area contributed by atoms with Crippen molar-refractivity contribution >= 4 is 17.7 Å². The third-order valence-electron chi connectivity index (χ3n) is 4.94. The molecule has 2 atom stereocenters. The van der Waals surface area contributed by atoms with Crippen LogP contribution in [0.3, 0.4) is 0 Å². The number of nitrogens with one attached hydrogen (secondary N) is 1. The Bertz CT molecular complexity index is 967. The van der Waals surface area contributed by atoms with Crippen LogP contribution in [-0.2, 0) is 16.0 Å². The molecular weight excluding hydrogens is 353 g/mol. The zero-order valence-corrected chi connectivity index (χ0v) is 14.6. The average molecular weight is 371 g/mol. The normalized spacial score (nSPS) is 20.2. The molecule has 0 spiro atoms. The first-order chi connectivity index (χ1) is 13.0. The van der Waals surface area contributed by atoms with Crippen molar-refractivity contribution in [2.75, 3.05) is 11.4 Å². The largest absolute Gasteiger partial charge is 0.442 e. The van der Waals surface area contributed by atoms with Crippen molar-refractivity contribution in [3.8, 4) is 5.69 Å². The molecule has 140 valence electrons. The number of anilines is 1. The summed E-state index contributed by atoms with van der Waals surface area (Å²) in [4.78, 5) is 36.5. The van der Waals surface area contributed by atoms with E-state index >= 15 is 0 Å². The summed E-state index contributed by atoms with van der Waals surface area (Å²) in [6.45, 7) is 1.97. The molecule has 27 heavy (non-hydrogen) atoms. The van der Waals surface area contributed by atoms with E-state index in [9.17, 15) is 18.8 Å². The van der Waals surface area contributed by atoms with Crippen LogP contribution in [0.4, 0.5) is 14.9 Å². The Hall–Kier alpha value is -3.16. The maximum Gasteiger partial charge on any atom is 0.415 e. The predicted molar refractivity (Wildman–Crippen MR) is 95.5 cm³/mol. The fourth-order valence-electron chi connectivity index (χ4n) is 3.56. The Balaban J connectivity index is 1.63. The summed E-state index contributed by atoms with van der Waals surface area (Å²) in [5.41, 5.74) is 1.45. The molecule has 0 unspecified atom stereocenters. The molecule has 2 aliphatic rings. The van der Waals surface area contributed by atoms with Gasteiger partial charge in [-0.1, -0.05) is 6.92 Å². The van der Waals surface area contributed by atoms with Crippen molar-refractivity contribution in [2.24, 2.45) is 0 Å². The van der Waals surface area contributed by atoms with Crippen LogP contribution in [0.25, 0.3) is 5.69 Å². The highest BCUT2D eigenvalue weighted by atomic mass is 19.1. The van der Waals surface area contributed by atoms with E-state index in [2.05, 4.69) is 5.32 Å². The number of hydrogen-bond donors (Lipinski definition) is 1. The fraction of sp³-hybridized carbons (Fsp3) is 0.316. The van der Waals surface area contributed by atoms with Crippen LogP contribution in [0.15, 0.2) is 41.5 Å². The highest BCUT2D eigenvalue weighted by Crippen LogP contribution is 2.40. The number of fused-ring (bicyclic) bond motifs is 3. The number of nitrogens with zero attached hydrogens (tertiary/aromatic N) is 2. The lowest BCUT2D eigenvalue weighted by Gasteiger charge is -2.17. The molecule has 0 bridgehead atoms. The van der Waals surface area contributed by atoms with Gasteiger partial charge >= 0.3 is 6.09 Å². The van der Waals surface area contributed by atoms with E-state index in [1.807, 2.05) is 0 Å². The smallest absolute Gasteiger partial charge is 0.415 e. The van der Waals surface area contributed by atoms with E-state index in [0.29, 0.717) is 24.2 Å². The van der Waals surface area contributed by atoms with E-state index in [4.69, 9.17) is 4.74 Å². The van der Waals surface area contributed by atoms with Gasteiger partial charge in [0.15, 0.2) is 5.43 Å². The number of carbonyl (C=O) groups excluding carboxylic acids is 2. The Labute approximate surface area is 154 Å². The molecule has 1 aromatic carbocycles. The third kappa shape index (κ3) is 2.97. The zero-order valence-electron chi connectivity index (χ0n) is 14.6. The number of rotatable bonds is 4. The van der Waals surface area contributed by atoms with Gasteiger partial charge in [0.2, 0.25) is 5.91 Å². The maximum absolute atomic E-state index is 14.7. The van der Waals surface area contributed by atoms with E-state index in [1.165, 1.54) is 40.1 Å². The Morgan fingerprint density at radius 1 is 1.26 bits per heavy atom. The van der Waals surface area contributed by atoms with Crippen molar-refractivity contribution < 1.29 is 18.7 Å². The molecule has 0 aliphatic carbocycles. The molecule has 0 saturated carbocycles. The summed E-state index contributed by atoms with van der Waals surface area (Å²) in [6, 6.07) is 5.43. The SMILES string of the molecule is CCC(=O)NC[C@@H]1OC(=O)N2c3cc(F)c(-n4ccc(=O)cc4)cc3C[C@@H]12. The van der Waals surface area contributed by atoms with Gasteiger partial charge in [-0.2, -0.15) is 0 Å². The quantitative estimate of drug-likeness (QED) is 0.888. The fourth-order valence-corrected chi connectivity index (χ4v) is 3.56. The number of amides is 2. The summed E-state index contributed by atoms with van der Waals surface area (Å²) < 4.78 is 21.6. The number of ether oxygens (including phenoxy) is 1. The molecule has 1 N–H and O–H groups in total. The van der Waals surface area contributed by atoms with Crippen LogP contribution < -0.4 is 15.6 Å². The van der Waals surface area contributed by atoms with Gasteiger partial charge < -0.3 is 14.6 Å². The van der Waals surface area contributed by atoms with Crippen LogP contribution in [0.5, 0.6) is 0 Å². The number of halogens is 1. The minimum absolute atomic E-state index is 0.119. The second kappa shape index (κ2) is 6.53. The first-order valence-electron chi connectivity index (χ1n) is 8.75. The average Bonchev–Trinajstić information content (AvgIpc) is 3.17. The lowest BCUT2D eigenvalue weighted by molar-refractivity contribution is -0.121. The highest BCUT2D eigenvalue weighted by Gasteiger charge is 2.47. The number of pyridine rings is 1. The number of cyclic esters (lactones) is 1. The summed E-state index contributed by atoms with van der Waals surface area (Å²) in [7, 11) is 0. The van der Waals surface area contributed by atoms with Gasteiger partial charge in [-0.3, -0.25) is 14.5 Å². The van der Waals surface area contributed by atoms with Crippen LogP contribution in [0, 0.1) is 5.82 Å². The Morgan fingerprint density at radius 2 is 2.00 bits per heavy atom. The lowest BCUT2D eigenvalue weighted by atomic mass is 10.0. The third-order valence-corrected chi connectivity index (χ3v) is 4.94. The van der Waals surface area contributed by atoms with Crippen LogP contribution >= 0.6 is 0 Å². The second-order valence-electron chi connectivity index (χ2n) is 6.59. The molecule has 2 amide bonds. The molecule has 1 aromatic heterocycles. The Kier molecular flexibility index (Phi) is 4.18. The van der Waals surface area contributed by atoms with Crippen molar-refractivity contribution in [1.29, 1.82) is 0 Å². The van der Waals surface area contributed by atoms with Gasteiger partial charge in [0.25, 0.3) is 0 Å². The number of benzene rings is 1. The number of hydrogen-bond acceptors (Lipinski definition) is 4. The molecule has 2 aromatic rings. The second-order valence-corrected chi connectivity index (χ2v) is 6.59. The molecule has 8 heteroatoms. The molecule has 3 heterocycles. The topological polar surface area (TPSA) is 80.6 Å². The molecular formula is C19H18FN3O4. The van der Waals surface area contributed by atoms with Crippen molar-refractivity contribution in [3.63, 3.8) is 0 Å². The van der Waals surface area contributed by atoms with Gasteiger partial charge in [-0.25, -0.2) is 9.18 Å². The summed E-state index contributed by atoms with van der Waals surface area (Å²) in [6.07, 6.45) is 2.83. The highest BCUT2D eigenvalue weighted by molar-refractivity contribution is 5.94. The summed E-state index contributed by atoms with van der Waals surface area (Å²) in [5, 5.41) is 2.74. The van der Waals surface area contributed by atoms with Crippen LogP contribution in [0.2, 0.25) is 0 Å². The van der Waals surface area contributed by atoms with Crippen molar-refractivity contribution in [1.82, 2.24) is 9.88 Å². The van der Waals surface area contributed by atoms with Gasteiger partial charge in [-0.05, 0) is 18.1 Å². The van der Waals surface area contributed by atoms with Gasteiger partial charge in [0.05, 0.1) is 24.0 Å². The number of aromatic nitrogens is 1. The van der Waals surface area contributed by atoms with Crippen LogP contribution in [0.1, 0.15) is 18.9 Å². The lowest BCUT2D eigenvalue weighted by Crippen LogP contribution is -2.40. The van der Waals surface area contributed by atoms with E-state index in [1.54, 1.807) is 13.0 Å². The molecule has 1 saturated heterocycles. The molecule has 0 radical (unpaired) electrons. The standard InChI is InChI=1S/C19H18FN3O4/c1-2-18(25)21-10-17-16-8-11-7-15(22-5-3-12(24)4-6-22)13(20)9-14(11)23(16)19(26)27-17/h3-7,9,16-17H,2,8,10H2,1H3,(H,21,25)/t16-,17-/m0/s1. The number of carbonyl (C=O) groups is 2. The zero-order chi connectivity index (χ0) is 19.1. The molecule has 7 nitrogen and oxygen atoms in total. The van der Waals surface area contributed by atoms with E-state index in [0.717, 1.165) is 5.56 Å².